The van der Waals surface area contributed by atoms with E-state index in [9.17, 15) is 0 Å². The molecular weight excluding hydrogens is 322 g/mol. The van der Waals surface area contributed by atoms with Gasteiger partial charge >= 0.3 is 0 Å². The number of methoxy groups -OCH3 is 1. The molecule has 3 aliphatic heterocycles. The summed E-state index contributed by atoms with van der Waals surface area (Å²) in [6, 6.07) is 8.08. The highest BCUT2D eigenvalue weighted by atomic mass is 16.7. The summed E-state index contributed by atoms with van der Waals surface area (Å²) in [4.78, 5) is 4.90. The summed E-state index contributed by atoms with van der Waals surface area (Å²) in [7, 11) is 1.64. The second-order valence-electron chi connectivity index (χ2n) is 6.28. The average Bonchev–Trinajstić information content (AvgIpc) is 3.28. The first kappa shape index (κ1) is 14.5. The van der Waals surface area contributed by atoms with Gasteiger partial charge in [0.25, 0.3) is 0 Å². The normalized spacial score (nSPS) is 19.4. The van der Waals surface area contributed by atoms with Crippen LogP contribution in [-0.2, 0) is 6.42 Å². The van der Waals surface area contributed by atoms with Crippen LogP contribution in [0, 0.1) is 0 Å². The van der Waals surface area contributed by atoms with Crippen molar-refractivity contribution in [2.45, 2.75) is 19.4 Å². The zero-order valence-electron chi connectivity index (χ0n) is 14.0. The van der Waals surface area contributed by atoms with E-state index < -0.39 is 0 Å². The van der Waals surface area contributed by atoms with Crippen LogP contribution in [0.1, 0.15) is 23.6 Å². The topological polar surface area (TPSA) is 58.5 Å². The summed E-state index contributed by atoms with van der Waals surface area (Å²) >= 11 is 0. The summed E-state index contributed by atoms with van der Waals surface area (Å²) in [5.41, 5.74) is 3.98. The van der Waals surface area contributed by atoms with Gasteiger partial charge in [0.05, 0.1) is 24.4 Å². The van der Waals surface area contributed by atoms with Gasteiger partial charge in [0, 0.05) is 5.56 Å². The van der Waals surface area contributed by atoms with E-state index in [0.717, 1.165) is 40.3 Å². The first-order chi connectivity index (χ1) is 12.2. The molecule has 0 amide bonds. The molecular formula is C19H17NO5. The van der Waals surface area contributed by atoms with Crippen LogP contribution in [0.2, 0.25) is 0 Å². The SMILES string of the molecule is COc1cc2c(c3c1OCO3)C(c1ccc3c(c1)OCO3)=NC(C)C2. The molecule has 0 fully saturated rings. The van der Waals surface area contributed by atoms with Crippen molar-refractivity contribution < 1.29 is 23.7 Å². The van der Waals surface area contributed by atoms with E-state index in [0.29, 0.717) is 17.2 Å². The fraction of sp³-hybridized carbons (Fsp3) is 0.316. The second kappa shape index (κ2) is 5.31. The Labute approximate surface area is 144 Å². The Morgan fingerprint density at radius 1 is 1.00 bits per heavy atom. The van der Waals surface area contributed by atoms with Gasteiger partial charge in [0.1, 0.15) is 0 Å². The number of benzene rings is 2. The lowest BCUT2D eigenvalue weighted by atomic mass is 9.89. The maximum Gasteiger partial charge on any atom is 0.231 e. The Balaban J connectivity index is 1.71. The third kappa shape index (κ3) is 2.13. The molecule has 2 aromatic rings. The van der Waals surface area contributed by atoms with E-state index in [4.69, 9.17) is 28.7 Å². The Hall–Kier alpha value is -2.89. The Morgan fingerprint density at radius 3 is 2.68 bits per heavy atom. The van der Waals surface area contributed by atoms with Gasteiger partial charge in [-0.1, -0.05) is 0 Å². The van der Waals surface area contributed by atoms with Gasteiger partial charge in [0.2, 0.25) is 19.3 Å². The highest BCUT2D eigenvalue weighted by Gasteiger charge is 2.32. The largest absolute Gasteiger partial charge is 0.493 e. The van der Waals surface area contributed by atoms with Crippen LogP contribution in [-0.4, -0.2) is 32.4 Å². The third-order valence-corrected chi connectivity index (χ3v) is 4.66. The molecule has 5 rings (SSSR count). The maximum absolute atomic E-state index is 5.78. The fourth-order valence-corrected chi connectivity index (χ4v) is 3.57. The van der Waals surface area contributed by atoms with Crippen molar-refractivity contribution in [2.24, 2.45) is 4.99 Å². The zero-order valence-corrected chi connectivity index (χ0v) is 14.0. The van der Waals surface area contributed by atoms with Crippen molar-refractivity contribution in [1.29, 1.82) is 0 Å². The smallest absolute Gasteiger partial charge is 0.231 e. The highest BCUT2D eigenvalue weighted by Crippen LogP contribution is 2.48. The molecule has 0 N–H and O–H groups in total. The molecule has 1 unspecified atom stereocenters. The summed E-state index contributed by atoms with van der Waals surface area (Å²) < 4.78 is 27.8. The van der Waals surface area contributed by atoms with E-state index in [1.54, 1.807) is 7.11 Å². The molecule has 0 bridgehead atoms. The van der Waals surface area contributed by atoms with Gasteiger partial charge in [-0.3, -0.25) is 4.99 Å². The van der Waals surface area contributed by atoms with Crippen LogP contribution in [0.25, 0.3) is 0 Å². The number of hydrogen-bond donors (Lipinski definition) is 0. The summed E-state index contributed by atoms with van der Waals surface area (Å²) in [5.74, 6) is 3.54. The molecule has 0 spiro atoms. The Morgan fingerprint density at radius 2 is 1.80 bits per heavy atom. The Bertz CT molecular complexity index is 905. The number of hydrogen-bond acceptors (Lipinski definition) is 6. The average molecular weight is 339 g/mol. The summed E-state index contributed by atoms with van der Waals surface area (Å²) in [6.07, 6.45) is 0.830. The van der Waals surface area contributed by atoms with Crippen LogP contribution in [0.3, 0.4) is 0 Å². The molecule has 3 aliphatic rings. The lowest BCUT2D eigenvalue weighted by Crippen LogP contribution is -2.20. The molecule has 128 valence electrons. The monoisotopic (exact) mass is 339 g/mol. The van der Waals surface area contributed by atoms with E-state index in [1.165, 1.54) is 0 Å². The molecule has 0 saturated carbocycles. The van der Waals surface area contributed by atoms with Crippen molar-refractivity contribution in [1.82, 2.24) is 0 Å². The molecule has 6 nitrogen and oxygen atoms in total. The minimum Gasteiger partial charge on any atom is -0.493 e. The molecule has 0 radical (unpaired) electrons. The van der Waals surface area contributed by atoms with Crippen molar-refractivity contribution in [3.63, 3.8) is 0 Å². The Kier molecular flexibility index (Phi) is 3.07. The lowest BCUT2D eigenvalue weighted by molar-refractivity contribution is 0.171. The van der Waals surface area contributed by atoms with Gasteiger partial charge < -0.3 is 23.7 Å². The first-order valence-corrected chi connectivity index (χ1v) is 8.22. The van der Waals surface area contributed by atoms with Crippen LogP contribution < -0.4 is 23.7 Å². The van der Waals surface area contributed by atoms with Gasteiger partial charge in [-0.2, -0.15) is 0 Å². The molecule has 6 heteroatoms. The molecule has 25 heavy (non-hydrogen) atoms. The molecule has 3 heterocycles. The molecule has 2 aromatic carbocycles. The summed E-state index contributed by atoms with van der Waals surface area (Å²) in [6.45, 7) is 2.54. The van der Waals surface area contributed by atoms with Crippen molar-refractivity contribution in [2.75, 3.05) is 20.7 Å². The van der Waals surface area contributed by atoms with E-state index in [-0.39, 0.29) is 19.6 Å². The third-order valence-electron chi connectivity index (χ3n) is 4.66. The van der Waals surface area contributed by atoms with Crippen molar-refractivity contribution in [3.8, 4) is 28.7 Å². The molecule has 0 saturated heterocycles. The van der Waals surface area contributed by atoms with E-state index in [2.05, 4.69) is 6.92 Å². The predicted octanol–water partition coefficient (Wildman–Crippen LogP) is 2.93. The van der Waals surface area contributed by atoms with Gasteiger partial charge in [-0.15, -0.1) is 0 Å². The minimum absolute atomic E-state index is 0.165. The highest BCUT2D eigenvalue weighted by molar-refractivity contribution is 6.17. The number of aliphatic imine (C=N–C) groups is 1. The number of fused-ring (bicyclic) bond motifs is 4. The van der Waals surface area contributed by atoms with Gasteiger partial charge in [0.15, 0.2) is 23.0 Å². The standard InChI is InChI=1S/C19H17NO5/c1-10-5-12-7-15(21-2)18-19(25-9-24-18)16(12)17(20-10)11-3-4-13-14(6-11)23-8-22-13/h3-4,6-7,10H,5,8-9H2,1-2H3. The zero-order chi connectivity index (χ0) is 17.0. The lowest BCUT2D eigenvalue weighted by Gasteiger charge is -2.23. The second-order valence-corrected chi connectivity index (χ2v) is 6.28. The van der Waals surface area contributed by atoms with Crippen LogP contribution in [0.5, 0.6) is 28.7 Å². The molecule has 0 aliphatic carbocycles. The number of nitrogens with zero attached hydrogens (tertiary/aromatic N) is 1. The number of ether oxygens (including phenoxy) is 5. The van der Waals surface area contributed by atoms with E-state index >= 15 is 0 Å². The quantitative estimate of drug-likeness (QED) is 0.842. The van der Waals surface area contributed by atoms with Gasteiger partial charge in [-0.05, 0) is 43.2 Å². The minimum atomic E-state index is 0.165. The fourth-order valence-electron chi connectivity index (χ4n) is 3.57. The predicted molar refractivity (Wildman–Crippen MR) is 90.5 cm³/mol. The number of rotatable bonds is 2. The van der Waals surface area contributed by atoms with Crippen LogP contribution in [0.15, 0.2) is 29.3 Å². The van der Waals surface area contributed by atoms with E-state index in [1.807, 2.05) is 24.3 Å². The first-order valence-electron chi connectivity index (χ1n) is 8.22. The molecule has 0 aromatic heterocycles. The van der Waals surface area contributed by atoms with Gasteiger partial charge in [-0.25, -0.2) is 0 Å². The summed E-state index contributed by atoms with van der Waals surface area (Å²) in [5, 5.41) is 0. The molecule has 1 atom stereocenters. The van der Waals surface area contributed by atoms with Crippen molar-refractivity contribution in [3.05, 3.63) is 41.0 Å². The maximum atomic E-state index is 5.78. The van der Waals surface area contributed by atoms with Crippen molar-refractivity contribution >= 4 is 5.71 Å². The van der Waals surface area contributed by atoms with Crippen LogP contribution in [0.4, 0.5) is 0 Å². The van der Waals surface area contributed by atoms with Crippen LogP contribution >= 0.6 is 0 Å².